The number of aliphatic carboxylic acids is 1. The van der Waals surface area contributed by atoms with Crippen molar-refractivity contribution in [2.45, 2.75) is 20.0 Å². The predicted octanol–water partition coefficient (Wildman–Crippen LogP) is 2.03. The second-order valence-electron chi connectivity index (χ2n) is 3.80. The number of hydrogen-bond acceptors (Lipinski definition) is 3. The van der Waals surface area contributed by atoms with Gasteiger partial charge in [0, 0.05) is 9.26 Å². The Morgan fingerprint density at radius 3 is 2.72 bits per heavy atom. The minimum absolute atomic E-state index is 0.279. The van der Waals surface area contributed by atoms with Crippen molar-refractivity contribution in [3.8, 4) is 0 Å². The summed E-state index contributed by atoms with van der Waals surface area (Å²) in [6, 6.07) is 5.62. The van der Waals surface area contributed by atoms with E-state index in [-0.39, 0.29) is 12.5 Å². The first-order valence-corrected chi connectivity index (χ1v) is 6.38. The summed E-state index contributed by atoms with van der Waals surface area (Å²) in [5, 5.41) is 11.3. The van der Waals surface area contributed by atoms with Crippen LogP contribution in [0.5, 0.6) is 0 Å². The lowest BCUT2D eigenvalue weighted by atomic mass is 10.2. The summed E-state index contributed by atoms with van der Waals surface area (Å²) < 4.78 is 5.97. The molecule has 1 aromatic rings. The largest absolute Gasteiger partial charge is 0.479 e. The molecule has 1 aromatic carbocycles. The number of anilines is 1. The third kappa shape index (κ3) is 4.61. The van der Waals surface area contributed by atoms with Crippen LogP contribution in [0.15, 0.2) is 18.2 Å². The summed E-state index contributed by atoms with van der Waals surface area (Å²) >= 11 is 2.19. The molecule has 1 amide bonds. The van der Waals surface area contributed by atoms with E-state index in [2.05, 4.69) is 27.9 Å². The Morgan fingerprint density at radius 2 is 2.17 bits per heavy atom. The van der Waals surface area contributed by atoms with Crippen LogP contribution < -0.4 is 5.32 Å². The van der Waals surface area contributed by atoms with E-state index in [1.807, 2.05) is 19.1 Å². The van der Waals surface area contributed by atoms with Crippen molar-refractivity contribution in [3.05, 3.63) is 27.3 Å². The van der Waals surface area contributed by atoms with Crippen LogP contribution in [-0.4, -0.2) is 29.7 Å². The van der Waals surface area contributed by atoms with Crippen LogP contribution in [-0.2, 0) is 14.3 Å². The predicted molar refractivity (Wildman–Crippen MR) is 75.6 cm³/mol. The zero-order valence-electron chi connectivity index (χ0n) is 10.1. The van der Waals surface area contributed by atoms with Crippen LogP contribution in [0.25, 0.3) is 0 Å². The Morgan fingerprint density at radius 1 is 1.50 bits per heavy atom. The lowest BCUT2D eigenvalue weighted by Gasteiger charge is -2.10. The maximum Gasteiger partial charge on any atom is 0.332 e. The average Bonchev–Trinajstić information content (AvgIpc) is 2.29. The highest BCUT2D eigenvalue weighted by Crippen LogP contribution is 2.17. The van der Waals surface area contributed by atoms with Crippen LogP contribution in [0.4, 0.5) is 5.69 Å². The van der Waals surface area contributed by atoms with Gasteiger partial charge in [-0.3, -0.25) is 4.79 Å². The Bertz CT molecular complexity index is 461. The number of carbonyl (C=O) groups is 2. The van der Waals surface area contributed by atoms with Gasteiger partial charge in [-0.05, 0) is 60.2 Å². The van der Waals surface area contributed by atoms with E-state index < -0.39 is 12.1 Å². The summed E-state index contributed by atoms with van der Waals surface area (Å²) in [5.41, 5.74) is 1.65. The molecule has 0 saturated carbocycles. The molecule has 0 spiro atoms. The molecule has 18 heavy (non-hydrogen) atoms. The molecular weight excluding hydrogens is 349 g/mol. The standard InChI is InChI=1S/C12H14INO4/c1-7-5-9(13)3-4-10(7)14-11(15)6-18-8(2)12(16)17/h3-5,8H,6H2,1-2H3,(H,14,15)(H,16,17)/t8-/m0/s1. The lowest BCUT2D eigenvalue weighted by Crippen LogP contribution is -2.26. The monoisotopic (exact) mass is 363 g/mol. The molecule has 0 heterocycles. The zero-order chi connectivity index (χ0) is 13.7. The van der Waals surface area contributed by atoms with E-state index in [0.717, 1.165) is 9.13 Å². The molecule has 0 bridgehead atoms. The first-order chi connectivity index (χ1) is 8.40. The number of aryl methyl sites for hydroxylation is 1. The van der Waals surface area contributed by atoms with Gasteiger partial charge in [-0.1, -0.05) is 0 Å². The second kappa shape index (κ2) is 6.69. The van der Waals surface area contributed by atoms with Gasteiger partial charge in [-0.2, -0.15) is 0 Å². The van der Waals surface area contributed by atoms with Gasteiger partial charge in [0.25, 0.3) is 0 Å². The van der Waals surface area contributed by atoms with Crippen molar-refractivity contribution in [3.63, 3.8) is 0 Å². The van der Waals surface area contributed by atoms with Gasteiger partial charge in [0.15, 0.2) is 6.10 Å². The molecule has 98 valence electrons. The van der Waals surface area contributed by atoms with Gasteiger partial charge in [-0.25, -0.2) is 4.79 Å². The zero-order valence-corrected chi connectivity index (χ0v) is 12.2. The van der Waals surface area contributed by atoms with E-state index in [1.165, 1.54) is 6.92 Å². The van der Waals surface area contributed by atoms with Crippen molar-refractivity contribution in [2.75, 3.05) is 11.9 Å². The molecular formula is C12H14INO4. The number of ether oxygens (including phenoxy) is 1. The number of rotatable bonds is 5. The number of carbonyl (C=O) groups excluding carboxylic acids is 1. The molecule has 0 radical (unpaired) electrons. The maximum atomic E-state index is 11.5. The highest BCUT2D eigenvalue weighted by molar-refractivity contribution is 14.1. The van der Waals surface area contributed by atoms with Gasteiger partial charge < -0.3 is 15.2 Å². The Labute approximate surface area is 119 Å². The topological polar surface area (TPSA) is 75.6 Å². The number of carboxylic acid groups (broad SMARTS) is 1. The molecule has 0 aromatic heterocycles. The first kappa shape index (κ1) is 14.9. The van der Waals surface area contributed by atoms with Gasteiger partial charge in [0.2, 0.25) is 5.91 Å². The molecule has 1 rings (SSSR count). The molecule has 0 aliphatic heterocycles. The van der Waals surface area contributed by atoms with Gasteiger partial charge in [0.05, 0.1) is 0 Å². The quantitative estimate of drug-likeness (QED) is 0.785. The van der Waals surface area contributed by atoms with E-state index in [0.29, 0.717) is 5.69 Å². The van der Waals surface area contributed by atoms with Crippen molar-refractivity contribution in [1.82, 2.24) is 0 Å². The van der Waals surface area contributed by atoms with E-state index in [4.69, 9.17) is 9.84 Å². The Kier molecular flexibility index (Phi) is 5.54. The van der Waals surface area contributed by atoms with Gasteiger partial charge >= 0.3 is 5.97 Å². The number of halogens is 1. The van der Waals surface area contributed by atoms with Crippen LogP contribution in [0.2, 0.25) is 0 Å². The normalized spacial score (nSPS) is 11.9. The summed E-state index contributed by atoms with van der Waals surface area (Å²) in [7, 11) is 0. The van der Waals surface area contributed by atoms with Crippen LogP contribution in [0.1, 0.15) is 12.5 Å². The fourth-order valence-electron chi connectivity index (χ4n) is 1.23. The maximum absolute atomic E-state index is 11.5. The van der Waals surface area contributed by atoms with E-state index >= 15 is 0 Å². The summed E-state index contributed by atoms with van der Waals surface area (Å²) in [6.07, 6.45) is -0.992. The molecule has 0 saturated heterocycles. The second-order valence-corrected chi connectivity index (χ2v) is 5.04. The van der Waals surface area contributed by atoms with Crippen molar-refractivity contribution in [2.24, 2.45) is 0 Å². The Balaban J connectivity index is 2.52. The molecule has 0 aliphatic carbocycles. The minimum Gasteiger partial charge on any atom is -0.479 e. The molecule has 0 aliphatic rings. The van der Waals surface area contributed by atoms with Gasteiger partial charge in [0.1, 0.15) is 6.61 Å². The summed E-state index contributed by atoms with van der Waals surface area (Å²) in [5.74, 6) is -1.46. The highest BCUT2D eigenvalue weighted by Gasteiger charge is 2.13. The minimum atomic E-state index is -1.09. The number of amides is 1. The first-order valence-electron chi connectivity index (χ1n) is 5.30. The number of carboxylic acids is 1. The number of nitrogens with one attached hydrogen (secondary N) is 1. The molecule has 1 atom stereocenters. The SMILES string of the molecule is Cc1cc(I)ccc1NC(=O)CO[C@@H](C)C(=O)O. The van der Waals surface area contributed by atoms with Crippen molar-refractivity contribution >= 4 is 40.2 Å². The van der Waals surface area contributed by atoms with Crippen molar-refractivity contribution < 1.29 is 19.4 Å². The third-order valence-corrected chi connectivity index (χ3v) is 2.95. The van der Waals surface area contributed by atoms with Crippen molar-refractivity contribution in [1.29, 1.82) is 0 Å². The number of benzene rings is 1. The summed E-state index contributed by atoms with van der Waals surface area (Å²) in [6.45, 7) is 2.99. The lowest BCUT2D eigenvalue weighted by molar-refractivity contribution is -0.150. The molecule has 6 heteroatoms. The average molecular weight is 363 g/mol. The van der Waals surface area contributed by atoms with E-state index in [9.17, 15) is 9.59 Å². The van der Waals surface area contributed by atoms with Crippen LogP contribution >= 0.6 is 22.6 Å². The third-order valence-electron chi connectivity index (χ3n) is 2.27. The van der Waals surface area contributed by atoms with Crippen LogP contribution in [0.3, 0.4) is 0 Å². The van der Waals surface area contributed by atoms with Gasteiger partial charge in [-0.15, -0.1) is 0 Å². The molecule has 0 unspecified atom stereocenters. The highest BCUT2D eigenvalue weighted by atomic mass is 127. The number of hydrogen-bond donors (Lipinski definition) is 2. The fourth-order valence-corrected chi connectivity index (χ4v) is 1.87. The van der Waals surface area contributed by atoms with Crippen LogP contribution in [0, 0.1) is 10.5 Å². The molecule has 0 fully saturated rings. The summed E-state index contributed by atoms with van der Waals surface area (Å²) in [4.78, 5) is 22.0. The Hall–Kier alpha value is -1.15. The fraction of sp³-hybridized carbons (Fsp3) is 0.333. The molecule has 5 nitrogen and oxygen atoms in total. The smallest absolute Gasteiger partial charge is 0.332 e. The van der Waals surface area contributed by atoms with E-state index in [1.54, 1.807) is 6.07 Å². The molecule has 2 N–H and O–H groups in total.